The average molecular weight is 844 g/mol. The van der Waals surface area contributed by atoms with Gasteiger partial charge >= 0.3 is 0 Å². The number of ether oxygens (including phenoxy) is 2. The van der Waals surface area contributed by atoms with Crippen molar-refractivity contribution >= 4 is 5.91 Å². The third-order valence-electron chi connectivity index (χ3n) is 12.1. The number of allylic oxidation sites excluding steroid dienone is 2. The predicted molar refractivity (Wildman–Crippen MR) is 238 cm³/mol. The molecule has 0 aromatic heterocycles. The first-order chi connectivity index (χ1) is 28.7. The Morgan fingerprint density at radius 1 is 0.576 bits per heavy atom. The summed E-state index contributed by atoms with van der Waals surface area (Å²) in [5.74, 6) is -0.712. The summed E-state index contributed by atoms with van der Waals surface area (Å²) in [6.45, 7) is 3.43. The molecule has 9 atom stereocenters. The van der Waals surface area contributed by atoms with Crippen molar-refractivity contribution in [3.05, 3.63) is 12.2 Å². The van der Waals surface area contributed by atoms with E-state index in [4.69, 9.17) is 9.47 Å². The summed E-state index contributed by atoms with van der Waals surface area (Å²) in [6.07, 6.45) is 29.8. The third-order valence-corrected chi connectivity index (χ3v) is 12.1. The summed E-state index contributed by atoms with van der Waals surface area (Å²) in [7, 11) is 0. The molecule has 0 radical (unpaired) electrons. The zero-order valence-electron chi connectivity index (χ0n) is 37.7. The number of hydrogen-bond donors (Lipinski definition) is 8. The lowest BCUT2D eigenvalue weighted by Crippen LogP contribution is -2.60. The molecule has 0 bridgehead atoms. The highest BCUT2D eigenvalue weighted by Gasteiger charge is 2.44. The molecular formula is C48H93NO10. The van der Waals surface area contributed by atoms with Crippen LogP contribution in [0.5, 0.6) is 0 Å². The molecule has 11 heteroatoms. The van der Waals surface area contributed by atoms with Crippen molar-refractivity contribution in [1.29, 1.82) is 0 Å². The number of hydrogen-bond acceptors (Lipinski definition) is 10. The Morgan fingerprint density at radius 3 is 1.44 bits per heavy atom. The molecular weight excluding hydrogens is 751 g/mol. The van der Waals surface area contributed by atoms with Crippen LogP contribution in [0, 0.1) is 0 Å². The fourth-order valence-corrected chi connectivity index (χ4v) is 7.96. The van der Waals surface area contributed by atoms with Crippen LogP contribution in [0.25, 0.3) is 0 Å². The van der Waals surface area contributed by atoms with Gasteiger partial charge in [0.15, 0.2) is 6.29 Å². The van der Waals surface area contributed by atoms with Gasteiger partial charge in [-0.15, -0.1) is 0 Å². The highest BCUT2D eigenvalue weighted by molar-refractivity contribution is 5.80. The fourth-order valence-electron chi connectivity index (χ4n) is 7.96. The van der Waals surface area contributed by atoms with Gasteiger partial charge < -0.3 is 50.5 Å². The molecule has 0 aliphatic carbocycles. The number of rotatable bonds is 41. The van der Waals surface area contributed by atoms with Gasteiger partial charge in [-0.3, -0.25) is 4.79 Å². The van der Waals surface area contributed by atoms with Gasteiger partial charge in [0.25, 0.3) is 0 Å². The molecule has 1 rings (SSSR count). The number of carbonyl (C=O) groups is 1. The van der Waals surface area contributed by atoms with Crippen LogP contribution in [0.1, 0.15) is 219 Å². The highest BCUT2D eigenvalue weighted by atomic mass is 16.7. The summed E-state index contributed by atoms with van der Waals surface area (Å²) in [4.78, 5) is 13.1. The largest absolute Gasteiger partial charge is 0.394 e. The lowest BCUT2D eigenvalue weighted by molar-refractivity contribution is -0.303. The van der Waals surface area contributed by atoms with E-state index < -0.39 is 74.2 Å². The van der Waals surface area contributed by atoms with E-state index in [1.165, 1.54) is 141 Å². The Kier molecular flexibility index (Phi) is 36.5. The minimum Gasteiger partial charge on any atom is -0.394 e. The molecule has 1 aliphatic heterocycles. The highest BCUT2D eigenvalue weighted by Crippen LogP contribution is 2.23. The number of unbranched alkanes of at least 4 members (excludes halogenated alkanes) is 27. The van der Waals surface area contributed by atoms with Gasteiger partial charge in [-0.2, -0.15) is 0 Å². The molecule has 350 valence electrons. The standard InChI is InChI=1S/C48H93NO10/c1-3-5-7-9-11-13-15-17-18-19-20-21-22-23-24-26-27-29-31-33-35-40(51)43(53)39(38-58-48-46(56)45(55)44(54)42(37-50)59-48)49-47(57)41(52)36-34-32-30-28-25-16-14-12-10-8-6-4-2/h25,28,39-46,48,50-56H,3-24,26-27,29-38H2,1-2H3,(H,49,57)/b28-25-. The van der Waals surface area contributed by atoms with E-state index in [9.17, 15) is 40.5 Å². The van der Waals surface area contributed by atoms with Crippen molar-refractivity contribution in [1.82, 2.24) is 5.32 Å². The van der Waals surface area contributed by atoms with Crippen LogP contribution in [0.3, 0.4) is 0 Å². The van der Waals surface area contributed by atoms with Crippen molar-refractivity contribution in [3.63, 3.8) is 0 Å². The molecule has 1 aliphatic rings. The molecule has 1 fully saturated rings. The van der Waals surface area contributed by atoms with E-state index in [-0.39, 0.29) is 6.42 Å². The average Bonchev–Trinajstić information content (AvgIpc) is 3.23. The normalized spacial score (nSPS) is 21.8. The van der Waals surface area contributed by atoms with Gasteiger partial charge in [-0.1, -0.05) is 193 Å². The first-order valence-corrected chi connectivity index (χ1v) is 24.6. The smallest absolute Gasteiger partial charge is 0.249 e. The Labute approximate surface area is 360 Å². The first-order valence-electron chi connectivity index (χ1n) is 24.6. The van der Waals surface area contributed by atoms with Crippen molar-refractivity contribution in [3.8, 4) is 0 Å². The Hall–Kier alpha value is -1.15. The summed E-state index contributed by atoms with van der Waals surface area (Å²) in [6, 6.07) is -1.17. The van der Waals surface area contributed by atoms with Gasteiger partial charge in [-0.25, -0.2) is 0 Å². The van der Waals surface area contributed by atoms with E-state index in [1.807, 2.05) is 0 Å². The van der Waals surface area contributed by atoms with Crippen LogP contribution in [-0.2, 0) is 14.3 Å². The van der Waals surface area contributed by atoms with Gasteiger partial charge in [0.1, 0.15) is 36.6 Å². The maximum absolute atomic E-state index is 13.1. The van der Waals surface area contributed by atoms with Crippen LogP contribution in [0.2, 0.25) is 0 Å². The van der Waals surface area contributed by atoms with Gasteiger partial charge in [0, 0.05) is 0 Å². The molecule has 11 nitrogen and oxygen atoms in total. The zero-order chi connectivity index (χ0) is 43.4. The van der Waals surface area contributed by atoms with Crippen molar-refractivity contribution in [2.24, 2.45) is 0 Å². The minimum atomic E-state index is -1.66. The van der Waals surface area contributed by atoms with Crippen LogP contribution in [-0.4, -0.2) is 110 Å². The maximum atomic E-state index is 13.1. The molecule has 59 heavy (non-hydrogen) atoms. The zero-order valence-corrected chi connectivity index (χ0v) is 37.7. The van der Waals surface area contributed by atoms with E-state index in [0.29, 0.717) is 19.3 Å². The molecule has 1 heterocycles. The van der Waals surface area contributed by atoms with Crippen molar-refractivity contribution < 1.29 is 50.0 Å². The van der Waals surface area contributed by atoms with Crippen molar-refractivity contribution in [2.75, 3.05) is 13.2 Å². The summed E-state index contributed by atoms with van der Waals surface area (Å²) in [5.41, 5.74) is 0. The SMILES string of the molecule is CCCCCCCC/C=C\CCCCC(O)C(=O)NC(COC1OC(CO)C(O)C(O)C1O)C(O)C(O)CCCCCCCCCCCCCCCCCCCCCC. The molecule has 9 unspecified atom stereocenters. The van der Waals surface area contributed by atoms with Gasteiger partial charge in [-0.05, 0) is 38.5 Å². The van der Waals surface area contributed by atoms with E-state index in [0.717, 1.165) is 38.5 Å². The second-order valence-corrected chi connectivity index (χ2v) is 17.5. The predicted octanol–water partition coefficient (Wildman–Crippen LogP) is 8.45. The molecule has 0 aromatic carbocycles. The molecule has 0 saturated carbocycles. The number of aliphatic hydroxyl groups excluding tert-OH is 7. The Bertz CT molecular complexity index is 970. The number of aliphatic hydroxyl groups is 7. The Balaban J connectivity index is 2.40. The molecule has 1 amide bonds. The van der Waals surface area contributed by atoms with Crippen molar-refractivity contribution in [2.45, 2.75) is 274 Å². The fraction of sp³-hybridized carbons (Fsp3) is 0.938. The maximum Gasteiger partial charge on any atom is 0.249 e. The number of amides is 1. The van der Waals surface area contributed by atoms with Crippen LogP contribution in [0.15, 0.2) is 12.2 Å². The summed E-state index contributed by atoms with van der Waals surface area (Å²) >= 11 is 0. The minimum absolute atomic E-state index is 0.232. The topological polar surface area (TPSA) is 189 Å². The number of carbonyl (C=O) groups excluding carboxylic acids is 1. The summed E-state index contributed by atoms with van der Waals surface area (Å²) in [5, 5.41) is 75.7. The first kappa shape index (κ1) is 55.9. The quantitative estimate of drug-likeness (QED) is 0.0219. The molecule has 1 saturated heterocycles. The molecule has 8 N–H and O–H groups in total. The molecule has 0 spiro atoms. The lowest BCUT2D eigenvalue weighted by atomic mass is 9.98. The van der Waals surface area contributed by atoms with Gasteiger partial charge in [0.2, 0.25) is 5.91 Å². The number of nitrogens with one attached hydrogen (secondary N) is 1. The lowest BCUT2D eigenvalue weighted by Gasteiger charge is -2.40. The Morgan fingerprint density at radius 2 is 0.983 bits per heavy atom. The van der Waals surface area contributed by atoms with E-state index >= 15 is 0 Å². The molecule has 0 aromatic rings. The van der Waals surface area contributed by atoms with Gasteiger partial charge in [0.05, 0.1) is 25.4 Å². The van der Waals surface area contributed by atoms with E-state index in [1.54, 1.807) is 0 Å². The third kappa shape index (κ3) is 28.2. The second kappa shape index (κ2) is 38.5. The van der Waals surface area contributed by atoms with Crippen LogP contribution >= 0.6 is 0 Å². The van der Waals surface area contributed by atoms with Crippen LogP contribution in [0.4, 0.5) is 0 Å². The monoisotopic (exact) mass is 844 g/mol. The van der Waals surface area contributed by atoms with E-state index in [2.05, 4.69) is 31.3 Å². The second-order valence-electron chi connectivity index (χ2n) is 17.5. The summed E-state index contributed by atoms with van der Waals surface area (Å²) < 4.78 is 11.1. The van der Waals surface area contributed by atoms with Crippen LogP contribution < -0.4 is 5.32 Å².